The first-order chi connectivity index (χ1) is 26.5. The lowest BCUT2D eigenvalue weighted by Gasteiger charge is -1.98. The molecule has 0 amide bonds. The van der Waals surface area contributed by atoms with Gasteiger partial charge in [0.25, 0.3) is 0 Å². The minimum Gasteiger partial charge on any atom is -0.453 e. The summed E-state index contributed by atoms with van der Waals surface area (Å²) in [6, 6.07) is 41.4. The van der Waals surface area contributed by atoms with Crippen LogP contribution < -0.4 is 0 Å². The fourth-order valence-corrected chi connectivity index (χ4v) is 7.56. The van der Waals surface area contributed by atoms with E-state index in [-0.39, 0.29) is 23.0 Å². The minimum absolute atomic E-state index is 0.00173. The number of furan rings is 6. The van der Waals surface area contributed by atoms with Gasteiger partial charge in [0.1, 0.15) is 22.3 Å². The number of fused-ring (bicyclic) bond motifs is 7. The number of rotatable bonds is 4. The van der Waals surface area contributed by atoms with Crippen LogP contribution in [-0.2, 0) is 0 Å². The maximum absolute atomic E-state index is 15.3. The maximum atomic E-state index is 15.3. The maximum Gasteiger partial charge on any atom is 0.205 e. The van der Waals surface area contributed by atoms with E-state index in [9.17, 15) is 0 Å². The normalized spacial score (nSPS) is 12.3. The number of hydrogen-bond acceptors (Lipinski definition) is 6. The predicted molar refractivity (Wildman–Crippen MR) is 204 cm³/mol. The van der Waals surface area contributed by atoms with Crippen molar-refractivity contribution in [2.75, 3.05) is 0 Å². The van der Waals surface area contributed by atoms with Crippen molar-refractivity contribution >= 4 is 76.2 Å². The highest BCUT2D eigenvalue weighted by molar-refractivity contribution is 6.04. The van der Waals surface area contributed by atoms with Gasteiger partial charge in [0.15, 0.2) is 46.2 Å². The molecule has 12 rings (SSSR count). The summed E-state index contributed by atoms with van der Waals surface area (Å²) in [7, 11) is 0. The van der Waals surface area contributed by atoms with Gasteiger partial charge in [-0.05, 0) is 105 Å². The van der Waals surface area contributed by atoms with Crippen LogP contribution in [0.25, 0.3) is 122 Å². The summed E-state index contributed by atoms with van der Waals surface area (Å²) in [6.45, 7) is 0. The molecule has 0 aliphatic rings. The number of hydrogen-bond donors (Lipinski definition) is 0. The molecule has 0 atom stereocenters. The number of benzene rings is 6. The van der Waals surface area contributed by atoms with Crippen molar-refractivity contribution in [3.8, 4) is 46.1 Å². The lowest BCUT2D eigenvalue weighted by Crippen LogP contribution is -1.73. The third-order valence-corrected chi connectivity index (χ3v) is 10.2. The smallest absolute Gasteiger partial charge is 0.205 e. The van der Waals surface area contributed by atoms with Gasteiger partial charge in [-0.1, -0.05) is 48.5 Å². The van der Waals surface area contributed by atoms with E-state index in [2.05, 4.69) is 0 Å². The molecular weight excluding hydrogens is 686 g/mol. The van der Waals surface area contributed by atoms with Gasteiger partial charge in [-0.3, -0.25) is 0 Å². The molecule has 0 unspecified atom stereocenters. The SMILES string of the molecule is Fc1cc(-c2cc3cc4cc5oc(-c6cc(F)c(-c7cc8cc9ccccc9cc8o7)o6)cc5cc4cc3o2)oc1-c1cc2cc3ccccc3cc2o1. The molecule has 0 aliphatic heterocycles. The second-order valence-electron chi connectivity index (χ2n) is 13.6. The molecule has 0 N–H and O–H groups in total. The Hall–Kier alpha value is -7.32. The highest BCUT2D eigenvalue weighted by Crippen LogP contribution is 2.41. The fraction of sp³-hybridized carbons (Fsp3) is 0. The van der Waals surface area contributed by atoms with Crippen LogP contribution in [0.2, 0.25) is 0 Å². The molecule has 0 saturated carbocycles. The van der Waals surface area contributed by atoms with Crippen molar-refractivity contribution in [2.24, 2.45) is 0 Å². The Morgan fingerprint density at radius 3 is 0.963 bits per heavy atom. The largest absolute Gasteiger partial charge is 0.453 e. The van der Waals surface area contributed by atoms with Crippen molar-refractivity contribution in [2.45, 2.75) is 0 Å². The third-order valence-electron chi connectivity index (χ3n) is 10.2. The summed E-state index contributed by atoms with van der Waals surface area (Å²) in [5.74, 6) is 0.743. The molecule has 6 nitrogen and oxygen atoms in total. The van der Waals surface area contributed by atoms with Crippen LogP contribution in [0.1, 0.15) is 0 Å². The second-order valence-corrected chi connectivity index (χ2v) is 13.6. The van der Waals surface area contributed by atoms with Crippen LogP contribution in [0.15, 0.2) is 160 Å². The zero-order valence-corrected chi connectivity index (χ0v) is 27.9. The van der Waals surface area contributed by atoms with Gasteiger partial charge in [-0.25, -0.2) is 8.78 Å². The van der Waals surface area contributed by atoms with E-state index in [1.165, 1.54) is 12.1 Å². The molecule has 256 valence electrons. The van der Waals surface area contributed by atoms with Gasteiger partial charge < -0.3 is 26.5 Å². The molecule has 0 radical (unpaired) electrons. The molecule has 0 aliphatic carbocycles. The zero-order chi connectivity index (χ0) is 35.7. The summed E-state index contributed by atoms with van der Waals surface area (Å²) in [5.41, 5.74) is 2.50. The van der Waals surface area contributed by atoms with E-state index in [1.54, 1.807) is 12.1 Å². The molecule has 12 aromatic rings. The first-order valence-electron chi connectivity index (χ1n) is 17.3. The highest BCUT2D eigenvalue weighted by atomic mass is 19.1. The molecule has 0 spiro atoms. The molecule has 54 heavy (non-hydrogen) atoms. The summed E-state index contributed by atoms with van der Waals surface area (Å²) in [6.07, 6.45) is 0. The van der Waals surface area contributed by atoms with Crippen LogP contribution >= 0.6 is 0 Å². The van der Waals surface area contributed by atoms with Gasteiger partial charge in [0, 0.05) is 33.7 Å². The third kappa shape index (κ3) is 4.43. The molecule has 8 heteroatoms. The molecule has 6 aromatic heterocycles. The Morgan fingerprint density at radius 2 is 0.556 bits per heavy atom. The Balaban J connectivity index is 0.869. The van der Waals surface area contributed by atoms with Gasteiger partial charge in [-0.15, -0.1) is 0 Å². The van der Waals surface area contributed by atoms with Crippen molar-refractivity contribution in [1.82, 2.24) is 0 Å². The highest BCUT2D eigenvalue weighted by Gasteiger charge is 2.23. The van der Waals surface area contributed by atoms with Crippen LogP contribution in [0.4, 0.5) is 8.78 Å². The molecule has 0 bridgehead atoms. The van der Waals surface area contributed by atoms with Crippen LogP contribution in [0, 0.1) is 11.6 Å². The van der Waals surface area contributed by atoms with Gasteiger partial charge in [0.2, 0.25) is 11.5 Å². The van der Waals surface area contributed by atoms with Crippen LogP contribution in [-0.4, -0.2) is 0 Å². The summed E-state index contributed by atoms with van der Waals surface area (Å²) >= 11 is 0. The van der Waals surface area contributed by atoms with Crippen molar-refractivity contribution in [3.05, 3.63) is 145 Å². The predicted octanol–water partition coefficient (Wildman–Crippen LogP) is 14.3. The average molecular weight is 709 g/mol. The molecule has 6 aromatic carbocycles. The van der Waals surface area contributed by atoms with E-state index >= 15 is 8.78 Å². The van der Waals surface area contributed by atoms with E-state index in [0.29, 0.717) is 45.4 Å². The van der Waals surface area contributed by atoms with Crippen molar-refractivity contribution in [3.63, 3.8) is 0 Å². The van der Waals surface area contributed by atoms with Gasteiger partial charge in [0.05, 0.1) is 0 Å². The quantitative estimate of drug-likeness (QED) is 0.181. The van der Waals surface area contributed by atoms with Crippen LogP contribution in [0.5, 0.6) is 0 Å². The van der Waals surface area contributed by atoms with Crippen molar-refractivity contribution < 1.29 is 35.3 Å². The fourth-order valence-electron chi connectivity index (χ4n) is 7.56. The lowest BCUT2D eigenvalue weighted by atomic mass is 10.1. The lowest BCUT2D eigenvalue weighted by molar-refractivity contribution is 0.510. The monoisotopic (exact) mass is 708 g/mol. The molecule has 0 fully saturated rings. The van der Waals surface area contributed by atoms with E-state index < -0.39 is 11.6 Å². The second kappa shape index (κ2) is 10.6. The first kappa shape index (κ1) is 29.3. The summed E-state index contributed by atoms with van der Waals surface area (Å²) < 4.78 is 67.0. The Labute approximate surface area is 302 Å². The van der Waals surface area contributed by atoms with Crippen molar-refractivity contribution in [1.29, 1.82) is 0 Å². The topological polar surface area (TPSA) is 78.8 Å². The van der Waals surface area contributed by atoms with Gasteiger partial charge >= 0.3 is 0 Å². The summed E-state index contributed by atoms with van der Waals surface area (Å²) in [4.78, 5) is 0. The van der Waals surface area contributed by atoms with E-state index in [0.717, 1.165) is 53.9 Å². The Kier molecular flexibility index (Phi) is 5.76. The van der Waals surface area contributed by atoms with E-state index in [1.807, 2.05) is 109 Å². The number of halogens is 2. The Morgan fingerprint density at radius 1 is 0.259 bits per heavy atom. The molecule has 0 saturated heterocycles. The standard InChI is InChI=1S/C46H22F2O6/c47-33-21-41(53-45(33)43-19-29-9-23-5-1-3-7-25(23)13-35(29)51-43)39-17-31-11-27-16-38-32(12-28(27)15-37(31)49-39)18-40(50-38)42-22-34(48)46(54-42)44-20-30-10-24-6-2-4-8-26(24)14-36(30)52-44/h1-22H. The van der Waals surface area contributed by atoms with Gasteiger partial charge in [-0.2, -0.15) is 0 Å². The van der Waals surface area contributed by atoms with Crippen LogP contribution in [0.3, 0.4) is 0 Å². The molecular formula is C46H22F2O6. The summed E-state index contributed by atoms with van der Waals surface area (Å²) in [5, 5.41) is 9.29. The minimum atomic E-state index is -0.551. The Bertz CT molecular complexity index is 3090. The average Bonchev–Trinajstić information content (AvgIpc) is 4.03. The zero-order valence-electron chi connectivity index (χ0n) is 27.9. The van der Waals surface area contributed by atoms with E-state index in [4.69, 9.17) is 26.5 Å². The first-order valence-corrected chi connectivity index (χ1v) is 17.3. The molecule has 6 heterocycles.